The van der Waals surface area contributed by atoms with Crippen LogP contribution in [-0.4, -0.2) is 19.9 Å². The van der Waals surface area contributed by atoms with Gasteiger partial charge in [0, 0.05) is 18.5 Å². The minimum atomic E-state index is -0.510. The summed E-state index contributed by atoms with van der Waals surface area (Å²) in [5.41, 5.74) is 3.13. The molecule has 0 fully saturated rings. The van der Waals surface area contributed by atoms with E-state index in [9.17, 15) is 10.1 Å². The van der Waals surface area contributed by atoms with Crippen LogP contribution in [-0.2, 0) is 0 Å². The van der Waals surface area contributed by atoms with Crippen LogP contribution in [0.2, 0.25) is 0 Å². The fraction of sp³-hybridized carbons (Fsp3) is 0.100. The van der Waals surface area contributed by atoms with Crippen molar-refractivity contribution in [2.75, 3.05) is 5.43 Å². The number of nitrogen functional groups attached to an aromatic ring is 1. The summed E-state index contributed by atoms with van der Waals surface area (Å²) in [6.07, 6.45) is 3.26. The van der Waals surface area contributed by atoms with Gasteiger partial charge in [0.25, 0.3) is 0 Å². The minimum absolute atomic E-state index is 0.117. The first-order valence-corrected chi connectivity index (χ1v) is 6.00. The zero-order chi connectivity index (χ0) is 13.8. The summed E-state index contributed by atoms with van der Waals surface area (Å²) in [5, 5.41) is 11.5. The molecule has 0 amide bonds. The van der Waals surface area contributed by atoms with E-state index in [-0.39, 0.29) is 10.7 Å². The van der Waals surface area contributed by atoms with Crippen molar-refractivity contribution in [3.8, 4) is 0 Å². The molecular formula is C10H10N6O2S. The summed E-state index contributed by atoms with van der Waals surface area (Å²) in [6, 6.07) is 2.76. The van der Waals surface area contributed by atoms with Crippen LogP contribution in [0.15, 0.2) is 34.7 Å². The molecule has 0 saturated carbocycles. The number of pyridine rings is 1. The third-order valence-electron chi connectivity index (χ3n) is 2.13. The normalized spacial score (nSPS) is 10.2. The Hall–Kier alpha value is -2.26. The molecule has 2 aromatic rings. The van der Waals surface area contributed by atoms with Crippen LogP contribution < -0.4 is 11.3 Å². The number of nitro groups is 1. The number of nitrogens with two attached hydrogens (primary N) is 1. The van der Waals surface area contributed by atoms with E-state index in [0.29, 0.717) is 11.0 Å². The van der Waals surface area contributed by atoms with Gasteiger partial charge in [0.1, 0.15) is 5.82 Å². The van der Waals surface area contributed by atoms with Crippen LogP contribution in [0.1, 0.15) is 5.56 Å². The van der Waals surface area contributed by atoms with Crippen LogP contribution in [0.25, 0.3) is 0 Å². The number of nitrogens with one attached hydrogen (secondary N) is 1. The lowest BCUT2D eigenvalue weighted by Gasteiger charge is -2.04. The molecule has 8 nitrogen and oxygen atoms in total. The van der Waals surface area contributed by atoms with E-state index in [1.54, 1.807) is 12.4 Å². The number of aryl methyl sites for hydroxylation is 1. The lowest BCUT2D eigenvalue weighted by molar-refractivity contribution is -0.388. The molecule has 98 valence electrons. The van der Waals surface area contributed by atoms with E-state index in [4.69, 9.17) is 5.84 Å². The Morgan fingerprint density at radius 1 is 1.37 bits per heavy atom. The Balaban J connectivity index is 2.36. The summed E-state index contributed by atoms with van der Waals surface area (Å²) < 4.78 is 0. The first-order valence-electron chi connectivity index (χ1n) is 5.18. The van der Waals surface area contributed by atoms with Crippen molar-refractivity contribution < 1.29 is 4.92 Å². The van der Waals surface area contributed by atoms with Crippen molar-refractivity contribution >= 4 is 23.3 Å². The highest BCUT2D eigenvalue weighted by molar-refractivity contribution is 7.99. The predicted octanol–water partition coefficient (Wildman–Crippen LogP) is 1.53. The largest absolute Gasteiger partial charge is 0.308 e. The number of anilines is 1. The van der Waals surface area contributed by atoms with Crippen LogP contribution >= 0.6 is 11.8 Å². The molecule has 2 aromatic heterocycles. The van der Waals surface area contributed by atoms with Crippen molar-refractivity contribution in [2.24, 2.45) is 5.84 Å². The summed E-state index contributed by atoms with van der Waals surface area (Å²) in [5.74, 6) is 5.57. The number of rotatable bonds is 4. The first kappa shape index (κ1) is 13.2. The predicted molar refractivity (Wildman–Crippen MR) is 69.6 cm³/mol. The molecule has 9 heteroatoms. The average Bonchev–Trinajstić information content (AvgIpc) is 2.41. The Labute approximate surface area is 112 Å². The van der Waals surface area contributed by atoms with Crippen molar-refractivity contribution in [1.29, 1.82) is 0 Å². The number of hydrazine groups is 1. The van der Waals surface area contributed by atoms with Gasteiger partial charge in [0.05, 0.1) is 4.92 Å². The second-order valence-electron chi connectivity index (χ2n) is 3.57. The minimum Gasteiger partial charge on any atom is -0.308 e. The molecule has 2 rings (SSSR count). The first-order chi connectivity index (χ1) is 9.10. The smallest absolute Gasteiger partial charge is 0.301 e. The fourth-order valence-electron chi connectivity index (χ4n) is 1.25. The number of hydrogen-bond donors (Lipinski definition) is 2. The van der Waals surface area contributed by atoms with E-state index >= 15 is 0 Å². The lowest BCUT2D eigenvalue weighted by Crippen LogP contribution is -2.09. The lowest BCUT2D eigenvalue weighted by atomic mass is 10.4. The van der Waals surface area contributed by atoms with E-state index in [2.05, 4.69) is 20.4 Å². The summed E-state index contributed by atoms with van der Waals surface area (Å²) in [6.45, 7) is 1.86. The van der Waals surface area contributed by atoms with Crippen LogP contribution in [0.5, 0.6) is 0 Å². The zero-order valence-electron chi connectivity index (χ0n) is 9.90. The molecule has 0 unspecified atom stereocenters. The summed E-state index contributed by atoms with van der Waals surface area (Å²) >= 11 is 1.01. The second kappa shape index (κ2) is 5.59. The monoisotopic (exact) mass is 278 g/mol. The van der Waals surface area contributed by atoms with Crippen molar-refractivity contribution in [1.82, 2.24) is 15.0 Å². The third-order valence-corrected chi connectivity index (χ3v) is 3.02. The van der Waals surface area contributed by atoms with Gasteiger partial charge in [-0.15, -0.1) is 0 Å². The molecule has 2 heterocycles. The highest BCUT2D eigenvalue weighted by Gasteiger charge is 2.18. The van der Waals surface area contributed by atoms with Crippen LogP contribution in [0, 0.1) is 17.0 Å². The molecule has 0 aliphatic carbocycles. The fourth-order valence-corrected chi connectivity index (χ4v) is 2.02. The van der Waals surface area contributed by atoms with E-state index < -0.39 is 4.92 Å². The van der Waals surface area contributed by atoms with Crippen molar-refractivity contribution in [3.63, 3.8) is 0 Å². The Morgan fingerprint density at radius 2 is 2.05 bits per heavy atom. The van der Waals surface area contributed by atoms with E-state index in [1.807, 2.05) is 6.92 Å². The molecule has 19 heavy (non-hydrogen) atoms. The molecule has 0 aliphatic rings. The molecule has 3 N–H and O–H groups in total. The number of hydrogen-bond acceptors (Lipinski definition) is 8. The summed E-state index contributed by atoms with van der Waals surface area (Å²) in [7, 11) is 0. The SMILES string of the molecule is Cc1cnc(Sc2nc(NN)ccc2[N+](=O)[O-])nc1. The topological polar surface area (TPSA) is 120 Å². The third kappa shape index (κ3) is 3.14. The summed E-state index contributed by atoms with van der Waals surface area (Å²) in [4.78, 5) is 22.6. The number of aromatic nitrogens is 3. The Morgan fingerprint density at radius 3 is 2.63 bits per heavy atom. The maximum Gasteiger partial charge on any atom is 0.301 e. The zero-order valence-corrected chi connectivity index (χ0v) is 10.7. The molecule has 0 spiro atoms. The molecule has 0 aliphatic heterocycles. The van der Waals surface area contributed by atoms with Crippen LogP contribution in [0.3, 0.4) is 0 Å². The van der Waals surface area contributed by atoms with Gasteiger partial charge in [-0.2, -0.15) is 0 Å². The highest BCUT2D eigenvalue weighted by Crippen LogP contribution is 2.31. The van der Waals surface area contributed by atoms with Crippen molar-refractivity contribution in [2.45, 2.75) is 17.1 Å². The molecular weight excluding hydrogens is 268 g/mol. The molecule has 0 atom stereocenters. The standard InChI is InChI=1S/C10H10N6O2S/c1-6-4-12-10(13-5-6)19-9-7(16(17)18)2-3-8(14-9)15-11/h2-5H,11H2,1H3,(H,14,15). The second-order valence-corrected chi connectivity index (χ2v) is 4.52. The van der Waals surface area contributed by atoms with Gasteiger partial charge in [0.2, 0.25) is 0 Å². The molecule has 0 bridgehead atoms. The Bertz CT molecular complexity index is 603. The van der Waals surface area contributed by atoms with Gasteiger partial charge >= 0.3 is 5.69 Å². The van der Waals surface area contributed by atoms with E-state index in [0.717, 1.165) is 17.3 Å². The van der Waals surface area contributed by atoms with Crippen LogP contribution in [0.4, 0.5) is 11.5 Å². The van der Waals surface area contributed by atoms with Crippen molar-refractivity contribution in [3.05, 3.63) is 40.2 Å². The number of nitrogens with zero attached hydrogens (tertiary/aromatic N) is 4. The average molecular weight is 278 g/mol. The Kier molecular flexibility index (Phi) is 3.88. The van der Waals surface area contributed by atoms with Gasteiger partial charge < -0.3 is 5.43 Å². The molecule has 0 aromatic carbocycles. The quantitative estimate of drug-likeness (QED) is 0.374. The van der Waals surface area contributed by atoms with Gasteiger partial charge in [-0.05, 0) is 30.3 Å². The maximum absolute atomic E-state index is 10.9. The maximum atomic E-state index is 10.9. The van der Waals surface area contributed by atoms with Gasteiger partial charge in [0.15, 0.2) is 10.2 Å². The van der Waals surface area contributed by atoms with Gasteiger partial charge in [-0.3, -0.25) is 10.1 Å². The molecule has 0 radical (unpaired) electrons. The van der Waals surface area contributed by atoms with E-state index in [1.165, 1.54) is 12.1 Å². The molecule has 0 saturated heterocycles. The van der Waals surface area contributed by atoms with Gasteiger partial charge in [-0.1, -0.05) is 0 Å². The highest BCUT2D eigenvalue weighted by atomic mass is 32.2. The van der Waals surface area contributed by atoms with Gasteiger partial charge in [-0.25, -0.2) is 20.8 Å².